The molecule has 110 valence electrons. The fourth-order valence-corrected chi connectivity index (χ4v) is 3.39. The fourth-order valence-electron chi connectivity index (χ4n) is 3.22. The van der Waals surface area contributed by atoms with Gasteiger partial charge in [-0.15, -0.1) is 0 Å². The van der Waals surface area contributed by atoms with E-state index in [9.17, 15) is 0 Å². The summed E-state index contributed by atoms with van der Waals surface area (Å²) in [6.07, 6.45) is 0. The second kappa shape index (κ2) is 5.01. The Morgan fingerprint density at radius 3 is 2.25 bits per heavy atom. The lowest BCUT2D eigenvalue weighted by Gasteiger charge is -2.48. The second-order valence-corrected chi connectivity index (χ2v) is 7.25. The van der Waals surface area contributed by atoms with Crippen LogP contribution in [0.2, 0.25) is 0 Å². The van der Waals surface area contributed by atoms with Gasteiger partial charge in [-0.25, -0.2) is 0 Å². The molecule has 0 bridgehead atoms. The first-order chi connectivity index (χ1) is 9.11. The van der Waals surface area contributed by atoms with Crippen molar-refractivity contribution in [2.24, 2.45) is 5.73 Å². The highest BCUT2D eigenvalue weighted by molar-refractivity contribution is 7.80. The first-order valence-electron chi connectivity index (χ1n) is 6.96. The Labute approximate surface area is 127 Å². The van der Waals surface area contributed by atoms with Crippen LogP contribution in [0, 0.1) is 6.92 Å². The van der Waals surface area contributed by atoms with E-state index in [1.165, 1.54) is 5.56 Å². The first-order valence-corrected chi connectivity index (χ1v) is 7.37. The lowest BCUT2D eigenvalue weighted by atomic mass is 9.96. The van der Waals surface area contributed by atoms with Gasteiger partial charge in [-0.05, 0) is 46.2 Å². The number of rotatable bonds is 2. The molecule has 3 nitrogen and oxygen atoms in total. The van der Waals surface area contributed by atoms with Crippen LogP contribution in [0.3, 0.4) is 0 Å². The SMILES string of the molecule is Cc1cccc(C(N)=S)c1N1CC(C)(C)OC(C)(C)C1. The number of anilines is 1. The van der Waals surface area contributed by atoms with Gasteiger partial charge in [0, 0.05) is 18.7 Å². The largest absolute Gasteiger partial charge is 0.389 e. The molecule has 1 aromatic rings. The topological polar surface area (TPSA) is 38.5 Å². The van der Waals surface area contributed by atoms with Crippen LogP contribution in [0.1, 0.15) is 38.8 Å². The molecule has 0 aromatic heterocycles. The van der Waals surface area contributed by atoms with E-state index in [1.54, 1.807) is 0 Å². The molecule has 2 rings (SSSR count). The predicted molar refractivity (Wildman–Crippen MR) is 88.5 cm³/mol. The van der Waals surface area contributed by atoms with Gasteiger partial charge in [0.05, 0.1) is 16.9 Å². The molecule has 1 aliphatic rings. The third kappa shape index (κ3) is 3.13. The summed E-state index contributed by atoms with van der Waals surface area (Å²) in [5.41, 5.74) is 8.80. The van der Waals surface area contributed by atoms with Crippen LogP contribution in [-0.2, 0) is 4.74 Å². The molecule has 1 aromatic carbocycles. The maximum atomic E-state index is 6.15. The highest BCUT2D eigenvalue weighted by atomic mass is 32.1. The number of hydrogen-bond acceptors (Lipinski definition) is 3. The minimum atomic E-state index is -0.197. The number of ether oxygens (including phenoxy) is 1. The van der Waals surface area contributed by atoms with E-state index in [-0.39, 0.29) is 11.2 Å². The zero-order valence-electron chi connectivity index (χ0n) is 13.0. The van der Waals surface area contributed by atoms with E-state index in [0.29, 0.717) is 4.99 Å². The van der Waals surface area contributed by atoms with Crippen LogP contribution in [0.15, 0.2) is 18.2 Å². The van der Waals surface area contributed by atoms with Crippen molar-refractivity contribution < 1.29 is 4.74 Å². The Hall–Kier alpha value is -1.13. The number of nitrogens with zero attached hydrogens (tertiary/aromatic N) is 1. The molecular weight excluding hydrogens is 268 g/mol. The van der Waals surface area contributed by atoms with E-state index in [4.69, 9.17) is 22.7 Å². The Balaban J connectivity index is 2.48. The molecule has 0 spiro atoms. The Bertz CT molecular complexity index is 521. The van der Waals surface area contributed by atoms with Crippen molar-refractivity contribution in [2.45, 2.75) is 45.8 Å². The molecule has 1 aliphatic heterocycles. The van der Waals surface area contributed by atoms with Crippen molar-refractivity contribution in [3.05, 3.63) is 29.3 Å². The summed E-state index contributed by atoms with van der Waals surface area (Å²) >= 11 is 5.21. The summed E-state index contributed by atoms with van der Waals surface area (Å²) in [5.74, 6) is 0. The van der Waals surface area contributed by atoms with Gasteiger partial charge >= 0.3 is 0 Å². The van der Waals surface area contributed by atoms with E-state index < -0.39 is 0 Å². The molecule has 0 unspecified atom stereocenters. The van der Waals surface area contributed by atoms with Gasteiger partial charge in [0.1, 0.15) is 4.99 Å². The molecular formula is C16H24N2OS. The zero-order chi connectivity index (χ0) is 15.1. The van der Waals surface area contributed by atoms with Crippen LogP contribution in [0.5, 0.6) is 0 Å². The van der Waals surface area contributed by atoms with Crippen LogP contribution < -0.4 is 10.6 Å². The van der Waals surface area contributed by atoms with Gasteiger partial charge in [-0.2, -0.15) is 0 Å². The number of thiocarbonyl (C=S) groups is 1. The van der Waals surface area contributed by atoms with Crippen molar-refractivity contribution in [2.75, 3.05) is 18.0 Å². The van der Waals surface area contributed by atoms with Crippen molar-refractivity contribution in [1.82, 2.24) is 0 Å². The minimum Gasteiger partial charge on any atom is -0.389 e. The van der Waals surface area contributed by atoms with E-state index >= 15 is 0 Å². The number of nitrogens with two attached hydrogens (primary N) is 1. The maximum absolute atomic E-state index is 6.15. The number of benzene rings is 1. The molecule has 1 heterocycles. The summed E-state index contributed by atoms with van der Waals surface area (Å²) in [6, 6.07) is 6.11. The van der Waals surface area contributed by atoms with E-state index in [0.717, 1.165) is 24.3 Å². The standard InChI is InChI=1S/C16H24N2OS/c1-11-7-6-8-12(14(17)20)13(11)18-9-15(2,3)19-16(4,5)10-18/h6-8H,9-10H2,1-5H3,(H2,17,20). The summed E-state index contributed by atoms with van der Waals surface area (Å²) in [6.45, 7) is 12.3. The van der Waals surface area contributed by atoms with Crippen LogP contribution >= 0.6 is 12.2 Å². The quantitative estimate of drug-likeness (QED) is 0.850. The number of aryl methyl sites for hydroxylation is 1. The van der Waals surface area contributed by atoms with Crippen LogP contribution in [-0.4, -0.2) is 29.3 Å². The van der Waals surface area contributed by atoms with Crippen molar-refractivity contribution in [1.29, 1.82) is 0 Å². The highest BCUT2D eigenvalue weighted by Crippen LogP contribution is 2.34. The normalized spacial score (nSPS) is 20.8. The molecule has 0 amide bonds. The number of para-hydroxylation sites is 1. The van der Waals surface area contributed by atoms with Gasteiger partial charge in [0.25, 0.3) is 0 Å². The summed E-state index contributed by atoms with van der Waals surface area (Å²) < 4.78 is 6.15. The highest BCUT2D eigenvalue weighted by Gasteiger charge is 2.39. The van der Waals surface area contributed by atoms with Crippen LogP contribution in [0.4, 0.5) is 5.69 Å². The van der Waals surface area contributed by atoms with Gasteiger partial charge in [0.2, 0.25) is 0 Å². The lowest BCUT2D eigenvalue weighted by Crippen LogP contribution is -2.57. The minimum absolute atomic E-state index is 0.197. The van der Waals surface area contributed by atoms with Crippen molar-refractivity contribution in [3.8, 4) is 0 Å². The fraction of sp³-hybridized carbons (Fsp3) is 0.562. The number of morpholine rings is 1. The first kappa shape index (κ1) is 15.3. The van der Waals surface area contributed by atoms with Gasteiger partial charge in [0.15, 0.2) is 0 Å². The Morgan fingerprint density at radius 2 is 1.75 bits per heavy atom. The third-order valence-corrected chi connectivity index (χ3v) is 3.74. The molecule has 0 radical (unpaired) electrons. The van der Waals surface area contributed by atoms with Crippen LogP contribution in [0.25, 0.3) is 0 Å². The summed E-state index contributed by atoms with van der Waals surface area (Å²) in [4.78, 5) is 2.80. The third-order valence-electron chi connectivity index (χ3n) is 3.52. The molecule has 1 fully saturated rings. The molecule has 1 saturated heterocycles. The summed E-state index contributed by atoms with van der Waals surface area (Å²) in [7, 11) is 0. The molecule has 0 saturated carbocycles. The predicted octanol–water partition coefficient (Wildman–Crippen LogP) is 3.02. The molecule has 2 N–H and O–H groups in total. The number of hydrogen-bond donors (Lipinski definition) is 1. The van der Waals surface area contributed by atoms with Crippen molar-refractivity contribution >= 4 is 22.9 Å². The summed E-state index contributed by atoms with van der Waals surface area (Å²) in [5, 5.41) is 0. The smallest absolute Gasteiger partial charge is 0.106 e. The average Bonchev–Trinajstić information content (AvgIpc) is 2.23. The molecule has 0 atom stereocenters. The Kier molecular flexibility index (Phi) is 3.82. The molecule has 20 heavy (non-hydrogen) atoms. The average molecular weight is 292 g/mol. The second-order valence-electron chi connectivity index (χ2n) is 6.81. The molecule has 0 aliphatic carbocycles. The van der Waals surface area contributed by atoms with Gasteiger partial charge < -0.3 is 15.4 Å². The van der Waals surface area contributed by atoms with Crippen molar-refractivity contribution in [3.63, 3.8) is 0 Å². The Morgan fingerprint density at radius 1 is 1.20 bits per heavy atom. The maximum Gasteiger partial charge on any atom is 0.106 e. The molecule has 4 heteroatoms. The van der Waals surface area contributed by atoms with E-state index in [2.05, 4.69) is 45.6 Å². The van der Waals surface area contributed by atoms with E-state index in [1.807, 2.05) is 12.1 Å². The van der Waals surface area contributed by atoms with Gasteiger partial charge in [-0.1, -0.05) is 24.4 Å². The lowest BCUT2D eigenvalue weighted by molar-refractivity contribution is -0.133. The van der Waals surface area contributed by atoms with Gasteiger partial charge in [-0.3, -0.25) is 0 Å². The monoisotopic (exact) mass is 292 g/mol. The zero-order valence-corrected chi connectivity index (χ0v) is 13.8.